The van der Waals surface area contributed by atoms with Gasteiger partial charge in [-0.25, -0.2) is 0 Å². The molecule has 2 N–H and O–H groups in total. The van der Waals surface area contributed by atoms with Crippen LogP contribution in [-0.2, 0) is 17.6 Å². The molecule has 1 atom stereocenters. The highest BCUT2D eigenvalue weighted by molar-refractivity contribution is 7.14. The molecule has 2 heterocycles. The highest BCUT2D eigenvalue weighted by atomic mass is 32.1. The van der Waals surface area contributed by atoms with Crippen LogP contribution in [0.5, 0.6) is 0 Å². The summed E-state index contributed by atoms with van der Waals surface area (Å²) < 4.78 is 0. The van der Waals surface area contributed by atoms with Gasteiger partial charge in [-0.1, -0.05) is 24.3 Å². The van der Waals surface area contributed by atoms with Gasteiger partial charge >= 0.3 is 0 Å². The van der Waals surface area contributed by atoms with Crippen molar-refractivity contribution >= 4 is 34.5 Å². The van der Waals surface area contributed by atoms with Crippen LogP contribution in [-0.4, -0.2) is 18.4 Å². The van der Waals surface area contributed by atoms with Crippen LogP contribution in [0.2, 0.25) is 0 Å². The minimum Gasteiger partial charge on any atom is -0.343 e. The van der Waals surface area contributed by atoms with Gasteiger partial charge in [-0.05, 0) is 72.9 Å². The summed E-state index contributed by atoms with van der Waals surface area (Å²) in [6.45, 7) is 1.92. The number of thiophene rings is 2. The number of carbonyl (C=O) groups is 2. The first-order chi connectivity index (χ1) is 14.1. The average molecular weight is 425 g/mol. The van der Waals surface area contributed by atoms with Crippen molar-refractivity contribution in [3.8, 4) is 0 Å². The Balaban J connectivity index is 1.46. The molecule has 0 saturated heterocycles. The summed E-state index contributed by atoms with van der Waals surface area (Å²) in [6, 6.07) is 14.1. The summed E-state index contributed by atoms with van der Waals surface area (Å²) in [5.74, 6) is -0.401. The number of hydrogen-bond donors (Lipinski definition) is 2. The summed E-state index contributed by atoms with van der Waals surface area (Å²) in [7, 11) is 0. The van der Waals surface area contributed by atoms with Gasteiger partial charge in [0, 0.05) is 9.75 Å². The van der Waals surface area contributed by atoms with E-state index in [4.69, 9.17) is 0 Å². The van der Waals surface area contributed by atoms with E-state index in [9.17, 15) is 9.59 Å². The fourth-order valence-corrected chi connectivity index (χ4v) is 5.31. The lowest BCUT2D eigenvalue weighted by Gasteiger charge is -2.22. The van der Waals surface area contributed by atoms with Crippen LogP contribution in [0.4, 0.5) is 0 Å². The summed E-state index contributed by atoms with van der Waals surface area (Å²) in [6.07, 6.45) is 4.71. The van der Waals surface area contributed by atoms with Crippen molar-refractivity contribution in [2.45, 2.75) is 38.6 Å². The molecule has 2 aromatic heterocycles. The minimum atomic E-state index is -0.209. The van der Waals surface area contributed by atoms with E-state index >= 15 is 0 Å². The van der Waals surface area contributed by atoms with Crippen molar-refractivity contribution in [3.05, 3.63) is 79.2 Å². The van der Waals surface area contributed by atoms with Gasteiger partial charge in [0.25, 0.3) is 5.91 Å². The second-order valence-corrected chi connectivity index (χ2v) is 9.61. The van der Waals surface area contributed by atoms with E-state index in [2.05, 4.69) is 28.8 Å². The number of amides is 2. The van der Waals surface area contributed by atoms with E-state index in [-0.39, 0.29) is 24.4 Å². The molecule has 1 aliphatic rings. The Bertz CT molecular complexity index is 1010. The van der Waals surface area contributed by atoms with Crippen LogP contribution in [0, 0.1) is 6.92 Å². The topological polar surface area (TPSA) is 58.2 Å². The number of rotatable bonds is 6. The fraction of sp³-hybridized carbons (Fsp3) is 0.304. The molecular weight excluding hydrogens is 400 g/mol. The number of hydrogen-bond acceptors (Lipinski definition) is 4. The predicted molar refractivity (Wildman–Crippen MR) is 119 cm³/mol. The molecule has 0 bridgehead atoms. The van der Waals surface area contributed by atoms with Crippen LogP contribution in [0.25, 0.3) is 0 Å². The van der Waals surface area contributed by atoms with E-state index in [0.29, 0.717) is 4.88 Å². The van der Waals surface area contributed by atoms with Gasteiger partial charge in [-0.15, -0.1) is 22.7 Å². The van der Waals surface area contributed by atoms with E-state index in [1.807, 2.05) is 30.5 Å². The highest BCUT2D eigenvalue weighted by Gasteiger charge is 2.20. The number of nitrogens with one attached hydrogen (secondary N) is 2. The van der Waals surface area contributed by atoms with Gasteiger partial charge < -0.3 is 10.6 Å². The number of benzene rings is 1. The van der Waals surface area contributed by atoms with E-state index in [0.717, 1.165) is 28.2 Å². The number of carbonyl (C=O) groups excluding carboxylic acids is 2. The standard InChI is InChI=1S/C23H24N2O2S2/c1-15-8-11-20(29-15)23(27)24-14-21(26)25-22(19-7-4-12-28-19)18-10-9-16-5-2-3-6-17(16)13-18/h4,7-13,22H,2-3,5-6,14H2,1H3,(H,24,27)(H,25,26). The second-order valence-electron chi connectivity index (χ2n) is 7.34. The third kappa shape index (κ3) is 4.77. The van der Waals surface area contributed by atoms with Crippen molar-refractivity contribution in [3.63, 3.8) is 0 Å². The first-order valence-electron chi connectivity index (χ1n) is 9.89. The first kappa shape index (κ1) is 19.9. The summed E-state index contributed by atoms with van der Waals surface area (Å²) in [4.78, 5) is 27.7. The third-order valence-electron chi connectivity index (χ3n) is 5.21. The molecule has 0 saturated carbocycles. The zero-order valence-corrected chi connectivity index (χ0v) is 18.0. The molecule has 29 heavy (non-hydrogen) atoms. The maximum absolute atomic E-state index is 12.6. The Morgan fingerprint density at radius 1 is 1.07 bits per heavy atom. The van der Waals surface area contributed by atoms with Gasteiger partial charge in [0.15, 0.2) is 0 Å². The van der Waals surface area contributed by atoms with Crippen LogP contribution < -0.4 is 10.6 Å². The number of fused-ring (bicyclic) bond motifs is 1. The van der Waals surface area contributed by atoms with Gasteiger partial charge in [0.05, 0.1) is 17.5 Å². The normalized spacial score (nSPS) is 14.1. The maximum Gasteiger partial charge on any atom is 0.261 e. The Morgan fingerprint density at radius 2 is 1.90 bits per heavy atom. The lowest BCUT2D eigenvalue weighted by Crippen LogP contribution is -2.38. The van der Waals surface area contributed by atoms with Crippen molar-refractivity contribution in [2.24, 2.45) is 0 Å². The molecule has 0 spiro atoms. The molecule has 4 rings (SSSR count). The lowest BCUT2D eigenvalue weighted by molar-refractivity contribution is -0.120. The predicted octanol–water partition coefficient (Wildman–Crippen LogP) is 4.63. The molecule has 3 aromatic rings. The molecule has 0 fully saturated rings. The molecule has 0 aliphatic heterocycles. The quantitative estimate of drug-likeness (QED) is 0.606. The van der Waals surface area contributed by atoms with Gasteiger partial charge in [0.1, 0.15) is 0 Å². The van der Waals surface area contributed by atoms with Crippen LogP contribution >= 0.6 is 22.7 Å². The van der Waals surface area contributed by atoms with Crippen molar-refractivity contribution in [1.82, 2.24) is 10.6 Å². The zero-order chi connectivity index (χ0) is 20.2. The Hall–Kier alpha value is -2.44. The SMILES string of the molecule is Cc1ccc(C(=O)NCC(=O)NC(c2ccc3c(c2)CCCC3)c2cccs2)s1. The van der Waals surface area contributed by atoms with E-state index in [1.54, 1.807) is 17.4 Å². The molecule has 0 radical (unpaired) electrons. The summed E-state index contributed by atoms with van der Waals surface area (Å²) >= 11 is 3.06. The molecule has 4 nitrogen and oxygen atoms in total. The number of aryl methyl sites for hydroxylation is 3. The Labute approximate surface area is 179 Å². The van der Waals surface area contributed by atoms with Crippen LogP contribution in [0.3, 0.4) is 0 Å². The average Bonchev–Trinajstić information content (AvgIpc) is 3.42. The molecule has 1 unspecified atom stereocenters. The molecule has 1 aromatic carbocycles. The Kier molecular flexibility index (Phi) is 6.11. The smallest absolute Gasteiger partial charge is 0.261 e. The van der Waals surface area contributed by atoms with Gasteiger partial charge in [-0.2, -0.15) is 0 Å². The van der Waals surface area contributed by atoms with E-state index in [1.165, 1.54) is 35.3 Å². The van der Waals surface area contributed by atoms with Gasteiger partial charge in [0.2, 0.25) is 5.91 Å². The highest BCUT2D eigenvalue weighted by Crippen LogP contribution is 2.30. The largest absolute Gasteiger partial charge is 0.343 e. The summed E-state index contributed by atoms with van der Waals surface area (Å²) in [5.41, 5.74) is 3.92. The fourth-order valence-electron chi connectivity index (χ4n) is 3.72. The molecule has 6 heteroatoms. The van der Waals surface area contributed by atoms with Crippen molar-refractivity contribution in [2.75, 3.05) is 6.54 Å². The van der Waals surface area contributed by atoms with Crippen molar-refractivity contribution < 1.29 is 9.59 Å². The second kappa shape index (κ2) is 8.93. The first-order valence-corrected chi connectivity index (χ1v) is 11.6. The zero-order valence-electron chi connectivity index (χ0n) is 16.4. The van der Waals surface area contributed by atoms with Crippen molar-refractivity contribution in [1.29, 1.82) is 0 Å². The molecule has 2 amide bonds. The molecule has 150 valence electrons. The van der Waals surface area contributed by atoms with E-state index < -0.39 is 0 Å². The maximum atomic E-state index is 12.6. The molecule has 1 aliphatic carbocycles. The Morgan fingerprint density at radius 3 is 2.62 bits per heavy atom. The third-order valence-corrected chi connectivity index (χ3v) is 7.15. The van der Waals surface area contributed by atoms with Crippen LogP contribution in [0.15, 0.2) is 47.8 Å². The monoisotopic (exact) mass is 424 g/mol. The van der Waals surface area contributed by atoms with Gasteiger partial charge in [-0.3, -0.25) is 9.59 Å². The molecular formula is C23H24N2O2S2. The minimum absolute atomic E-state index is 0.0391. The van der Waals surface area contributed by atoms with Crippen LogP contribution in [0.1, 0.15) is 55.0 Å². The lowest BCUT2D eigenvalue weighted by atomic mass is 9.89. The summed E-state index contributed by atoms with van der Waals surface area (Å²) in [5, 5.41) is 7.86.